The summed E-state index contributed by atoms with van der Waals surface area (Å²) in [5.41, 5.74) is 0.249. The number of hydrogen-bond acceptors (Lipinski definition) is 2. The maximum Gasteiger partial charge on any atom is 0.153 e. The first-order valence-electron chi connectivity index (χ1n) is 4.57. The lowest BCUT2D eigenvalue weighted by atomic mass is 10.0. The summed E-state index contributed by atoms with van der Waals surface area (Å²) in [6.07, 6.45) is 2.79. The molecule has 0 spiro atoms. The minimum atomic E-state index is -0.663. The van der Waals surface area contributed by atoms with E-state index >= 15 is 0 Å². The van der Waals surface area contributed by atoms with Crippen LogP contribution in [0.1, 0.15) is 10.4 Å². The van der Waals surface area contributed by atoms with Crippen molar-refractivity contribution in [2.45, 2.75) is 0 Å². The van der Waals surface area contributed by atoms with Gasteiger partial charge in [0.25, 0.3) is 0 Å². The fourth-order valence-electron chi connectivity index (χ4n) is 1.49. The zero-order valence-corrected chi connectivity index (χ0v) is 8.15. The Hall–Kier alpha value is -2.10. The van der Waals surface area contributed by atoms with Crippen LogP contribution in [0.4, 0.5) is 8.78 Å². The standard InChI is InChI=1S/C12H7F2NO/c13-11-3-1-2-8(10(11)7-16)9-4-5-15-6-12(9)14/h1-7H. The zero-order chi connectivity index (χ0) is 11.5. The molecule has 0 amide bonds. The molecule has 16 heavy (non-hydrogen) atoms. The zero-order valence-electron chi connectivity index (χ0n) is 8.15. The molecule has 2 rings (SSSR count). The third-order valence-corrected chi connectivity index (χ3v) is 2.23. The maximum absolute atomic E-state index is 13.4. The molecule has 0 atom stereocenters. The quantitative estimate of drug-likeness (QED) is 0.727. The van der Waals surface area contributed by atoms with Gasteiger partial charge in [0.2, 0.25) is 0 Å². The van der Waals surface area contributed by atoms with Crippen molar-refractivity contribution >= 4 is 6.29 Å². The van der Waals surface area contributed by atoms with E-state index in [4.69, 9.17) is 0 Å². The van der Waals surface area contributed by atoms with E-state index in [2.05, 4.69) is 4.98 Å². The summed E-state index contributed by atoms with van der Waals surface area (Å²) in [6, 6.07) is 5.48. The second-order valence-corrected chi connectivity index (χ2v) is 3.17. The van der Waals surface area contributed by atoms with E-state index in [1.54, 1.807) is 0 Å². The highest BCUT2D eigenvalue weighted by Gasteiger charge is 2.12. The van der Waals surface area contributed by atoms with Crippen molar-refractivity contribution in [1.82, 2.24) is 4.98 Å². The first-order chi connectivity index (χ1) is 7.74. The Kier molecular flexibility index (Phi) is 2.72. The minimum absolute atomic E-state index is 0.146. The van der Waals surface area contributed by atoms with E-state index in [1.165, 1.54) is 24.4 Å². The van der Waals surface area contributed by atoms with Gasteiger partial charge in [0.1, 0.15) is 11.6 Å². The molecule has 0 fully saturated rings. The van der Waals surface area contributed by atoms with E-state index in [1.807, 2.05) is 0 Å². The van der Waals surface area contributed by atoms with E-state index in [9.17, 15) is 13.6 Å². The SMILES string of the molecule is O=Cc1c(F)cccc1-c1ccncc1F. The highest BCUT2D eigenvalue weighted by atomic mass is 19.1. The fraction of sp³-hybridized carbons (Fsp3) is 0. The number of carbonyl (C=O) groups excluding carboxylic acids is 1. The molecule has 0 aliphatic heterocycles. The first kappa shape index (κ1) is 10.4. The third-order valence-electron chi connectivity index (χ3n) is 2.23. The van der Waals surface area contributed by atoms with Crippen LogP contribution in [-0.2, 0) is 0 Å². The molecule has 0 radical (unpaired) electrons. The summed E-state index contributed by atoms with van der Waals surface area (Å²) < 4.78 is 26.7. The molecule has 80 valence electrons. The van der Waals surface area contributed by atoms with Gasteiger partial charge in [-0.1, -0.05) is 12.1 Å². The largest absolute Gasteiger partial charge is 0.298 e. The predicted octanol–water partition coefficient (Wildman–Crippen LogP) is 2.84. The number of aldehydes is 1. The van der Waals surface area contributed by atoms with Gasteiger partial charge in [-0.25, -0.2) is 8.78 Å². The molecule has 4 heteroatoms. The van der Waals surface area contributed by atoms with Crippen LogP contribution in [-0.4, -0.2) is 11.3 Å². The average molecular weight is 219 g/mol. The van der Waals surface area contributed by atoms with Crippen LogP contribution in [0, 0.1) is 11.6 Å². The molecule has 2 nitrogen and oxygen atoms in total. The molecule has 1 aromatic carbocycles. The van der Waals surface area contributed by atoms with Gasteiger partial charge in [-0.2, -0.15) is 0 Å². The Labute approximate surface area is 90.6 Å². The van der Waals surface area contributed by atoms with Crippen molar-refractivity contribution in [3.05, 3.63) is 53.9 Å². The lowest BCUT2D eigenvalue weighted by Crippen LogP contribution is -1.94. The molecule has 2 aromatic rings. The van der Waals surface area contributed by atoms with Gasteiger partial charge in [-0.15, -0.1) is 0 Å². The van der Waals surface area contributed by atoms with Crippen LogP contribution in [0.2, 0.25) is 0 Å². The molecule has 0 N–H and O–H groups in total. The van der Waals surface area contributed by atoms with Crippen LogP contribution in [0.3, 0.4) is 0 Å². The fourth-order valence-corrected chi connectivity index (χ4v) is 1.49. The number of benzene rings is 1. The third kappa shape index (κ3) is 1.69. The van der Waals surface area contributed by atoms with E-state index in [0.29, 0.717) is 6.29 Å². The summed E-state index contributed by atoms with van der Waals surface area (Å²) >= 11 is 0. The Morgan fingerprint density at radius 3 is 2.56 bits per heavy atom. The number of pyridine rings is 1. The van der Waals surface area contributed by atoms with E-state index < -0.39 is 11.6 Å². The molecule has 0 aliphatic carbocycles. The van der Waals surface area contributed by atoms with E-state index in [0.717, 1.165) is 12.3 Å². The van der Waals surface area contributed by atoms with Crippen LogP contribution >= 0.6 is 0 Å². The number of hydrogen-bond donors (Lipinski definition) is 0. The van der Waals surface area contributed by atoms with Crippen molar-refractivity contribution < 1.29 is 13.6 Å². The molecule has 0 bridgehead atoms. The monoisotopic (exact) mass is 219 g/mol. The van der Waals surface area contributed by atoms with Gasteiger partial charge in [-0.3, -0.25) is 9.78 Å². The normalized spacial score (nSPS) is 10.1. The van der Waals surface area contributed by atoms with Gasteiger partial charge < -0.3 is 0 Å². The predicted molar refractivity (Wildman–Crippen MR) is 55.0 cm³/mol. The van der Waals surface area contributed by atoms with Crippen molar-refractivity contribution in [3.8, 4) is 11.1 Å². The van der Waals surface area contributed by atoms with Crippen molar-refractivity contribution in [3.63, 3.8) is 0 Å². The number of carbonyl (C=O) groups is 1. The highest BCUT2D eigenvalue weighted by molar-refractivity contribution is 5.87. The van der Waals surface area contributed by atoms with Gasteiger partial charge in [0.15, 0.2) is 6.29 Å². The smallest absolute Gasteiger partial charge is 0.153 e. The summed E-state index contributed by atoms with van der Waals surface area (Å²) in [7, 11) is 0. The first-order valence-corrected chi connectivity index (χ1v) is 4.57. The van der Waals surface area contributed by atoms with Gasteiger partial charge in [0.05, 0.1) is 11.8 Å². The second kappa shape index (κ2) is 4.18. The second-order valence-electron chi connectivity index (χ2n) is 3.17. The number of nitrogens with zero attached hydrogens (tertiary/aromatic N) is 1. The number of rotatable bonds is 2. The van der Waals surface area contributed by atoms with Crippen LogP contribution in [0.25, 0.3) is 11.1 Å². The van der Waals surface area contributed by atoms with Crippen molar-refractivity contribution in [2.24, 2.45) is 0 Å². The van der Waals surface area contributed by atoms with Gasteiger partial charge in [0, 0.05) is 11.8 Å². The Bertz CT molecular complexity index is 540. The lowest BCUT2D eigenvalue weighted by Gasteiger charge is -2.06. The summed E-state index contributed by atoms with van der Waals surface area (Å²) in [6.45, 7) is 0. The minimum Gasteiger partial charge on any atom is -0.298 e. The van der Waals surface area contributed by atoms with Crippen molar-refractivity contribution in [1.29, 1.82) is 0 Å². The van der Waals surface area contributed by atoms with E-state index in [-0.39, 0.29) is 16.7 Å². The molecular formula is C12H7F2NO. The molecule has 0 aliphatic rings. The maximum atomic E-state index is 13.4. The van der Waals surface area contributed by atoms with Crippen LogP contribution in [0.15, 0.2) is 36.7 Å². The van der Waals surface area contributed by atoms with Crippen LogP contribution < -0.4 is 0 Å². The van der Waals surface area contributed by atoms with Crippen LogP contribution in [0.5, 0.6) is 0 Å². The molecule has 1 heterocycles. The number of halogens is 2. The molecule has 0 saturated heterocycles. The molecular weight excluding hydrogens is 212 g/mol. The Balaban J connectivity index is 2.69. The highest BCUT2D eigenvalue weighted by Crippen LogP contribution is 2.26. The summed E-state index contributed by atoms with van der Waals surface area (Å²) in [4.78, 5) is 14.3. The number of aromatic nitrogens is 1. The summed E-state index contributed by atoms with van der Waals surface area (Å²) in [5, 5.41) is 0. The topological polar surface area (TPSA) is 30.0 Å². The summed E-state index contributed by atoms with van der Waals surface area (Å²) in [5.74, 6) is -1.25. The van der Waals surface area contributed by atoms with Crippen molar-refractivity contribution in [2.75, 3.05) is 0 Å². The lowest BCUT2D eigenvalue weighted by molar-refractivity contribution is 0.112. The molecule has 0 unspecified atom stereocenters. The Morgan fingerprint density at radius 2 is 1.88 bits per heavy atom. The average Bonchev–Trinajstić information content (AvgIpc) is 2.29. The Morgan fingerprint density at radius 1 is 1.06 bits per heavy atom. The van der Waals surface area contributed by atoms with Gasteiger partial charge in [-0.05, 0) is 17.7 Å². The van der Waals surface area contributed by atoms with Gasteiger partial charge >= 0.3 is 0 Å². The molecule has 1 aromatic heterocycles. The molecule has 0 saturated carbocycles.